The van der Waals surface area contributed by atoms with Crippen molar-refractivity contribution in [1.82, 2.24) is 13.7 Å². The van der Waals surface area contributed by atoms with Gasteiger partial charge in [-0.2, -0.15) is 0 Å². The predicted octanol–water partition coefficient (Wildman–Crippen LogP) is 15.0. The Balaban J connectivity index is 1.09. The summed E-state index contributed by atoms with van der Waals surface area (Å²) in [5.41, 5.74) is 10.8. The summed E-state index contributed by atoms with van der Waals surface area (Å²) in [7, 11) is 0. The van der Waals surface area contributed by atoms with Gasteiger partial charge in [-0.25, -0.2) is 0 Å². The maximum Gasteiger partial charge on any atom is 0.0628 e. The van der Waals surface area contributed by atoms with E-state index in [1.807, 2.05) is 11.3 Å². The Morgan fingerprint density at radius 2 is 1.02 bits per heavy atom. The van der Waals surface area contributed by atoms with Crippen LogP contribution in [0.2, 0.25) is 0 Å². The minimum atomic E-state index is 1.14. The summed E-state index contributed by atoms with van der Waals surface area (Å²) in [5.74, 6) is 0. The van der Waals surface area contributed by atoms with E-state index in [-0.39, 0.29) is 0 Å². The van der Waals surface area contributed by atoms with Crippen molar-refractivity contribution >= 4 is 96.7 Å². The molecule has 13 rings (SSSR count). The molecule has 4 aromatic heterocycles. The third-order valence-corrected chi connectivity index (χ3v) is 13.5. The monoisotopic (exact) mass is 755 g/mol. The third kappa shape index (κ3) is 4.49. The highest BCUT2D eigenvalue weighted by Gasteiger charge is 2.20. The molecule has 0 unspecified atom stereocenters. The van der Waals surface area contributed by atoms with Gasteiger partial charge in [-0.05, 0) is 100 Å². The average molecular weight is 756 g/mol. The van der Waals surface area contributed by atoms with E-state index in [1.54, 1.807) is 0 Å². The second kappa shape index (κ2) is 12.1. The van der Waals surface area contributed by atoms with Crippen molar-refractivity contribution in [3.05, 3.63) is 200 Å². The van der Waals surface area contributed by atoms with E-state index in [0.29, 0.717) is 0 Å². The number of para-hydroxylation sites is 2. The molecule has 3 nitrogen and oxygen atoms in total. The molecule has 0 amide bonds. The molecule has 58 heavy (non-hydrogen) atoms. The van der Waals surface area contributed by atoms with Gasteiger partial charge in [0.2, 0.25) is 0 Å². The third-order valence-electron chi connectivity index (χ3n) is 12.3. The van der Waals surface area contributed by atoms with Gasteiger partial charge < -0.3 is 13.7 Å². The molecule has 0 spiro atoms. The maximum atomic E-state index is 2.44. The summed E-state index contributed by atoms with van der Waals surface area (Å²) < 4.78 is 9.85. The van der Waals surface area contributed by atoms with E-state index < -0.39 is 0 Å². The fraction of sp³-hybridized carbons (Fsp3) is 0. The van der Waals surface area contributed by atoms with Gasteiger partial charge >= 0.3 is 0 Å². The number of thiophene rings is 1. The zero-order chi connectivity index (χ0) is 37.9. The minimum Gasteiger partial charge on any atom is -0.316 e. The molecule has 9 aromatic carbocycles. The molecule has 4 heterocycles. The van der Waals surface area contributed by atoms with E-state index in [9.17, 15) is 0 Å². The van der Waals surface area contributed by atoms with Crippen molar-refractivity contribution in [1.29, 1.82) is 0 Å². The molecule has 0 aliphatic carbocycles. The Morgan fingerprint density at radius 3 is 1.90 bits per heavy atom. The summed E-state index contributed by atoms with van der Waals surface area (Å²) in [5, 5.41) is 12.6. The molecular formula is C54H33N3S. The molecule has 0 atom stereocenters. The van der Waals surface area contributed by atoms with Crippen LogP contribution in [0.5, 0.6) is 0 Å². The van der Waals surface area contributed by atoms with Gasteiger partial charge in [-0.15, -0.1) is 11.3 Å². The van der Waals surface area contributed by atoms with E-state index in [4.69, 9.17) is 0 Å². The van der Waals surface area contributed by atoms with Gasteiger partial charge in [0, 0.05) is 76.6 Å². The summed E-state index contributed by atoms with van der Waals surface area (Å²) in [6.07, 6.45) is 4.53. The van der Waals surface area contributed by atoms with Crippen LogP contribution in [0.25, 0.3) is 114 Å². The summed E-state index contributed by atoms with van der Waals surface area (Å²) in [4.78, 5) is 0. The van der Waals surface area contributed by atoms with Crippen LogP contribution in [0, 0.1) is 0 Å². The quantitative estimate of drug-likeness (QED) is 0.170. The van der Waals surface area contributed by atoms with Crippen LogP contribution in [0.1, 0.15) is 0 Å². The molecule has 270 valence electrons. The van der Waals surface area contributed by atoms with Crippen LogP contribution in [0.4, 0.5) is 0 Å². The smallest absolute Gasteiger partial charge is 0.0628 e. The van der Waals surface area contributed by atoms with Crippen molar-refractivity contribution in [2.24, 2.45) is 0 Å². The second-order valence-corrected chi connectivity index (χ2v) is 16.4. The summed E-state index contributed by atoms with van der Waals surface area (Å²) in [6.45, 7) is 0. The maximum absolute atomic E-state index is 2.44. The lowest BCUT2D eigenvalue weighted by atomic mass is 9.96. The van der Waals surface area contributed by atoms with Crippen LogP contribution in [0.3, 0.4) is 0 Å². The first-order valence-electron chi connectivity index (χ1n) is 19.8. The van der Waals surface area contributed by atoms with Crippen LogP contribution in [0.15, 0.2) is 200 Å². The molecule has 13 aromatic rings. The number of fused-ring (bicyclic) bond motifs is 13. The van der Waals surface area contributed by atoms with Crippen LogP contribution in [-0.4, -0.2) is 13.7 Å². The molecule has 4 heteroatoms. The van der Waals surface area contributed by atoms with E-state index in [2.05, 4.69) is 214 Å². The van der Waals surface area contributed by atoms with E-state index in [1.165, 1.54) is 102 Å². The number of benzene rings is 9. The molecule has 0 bridgehead atoms. The molecule has 0 radical (unpaired) electrons. The highest BCUT2D eigenvalue weighted by Crippen LogP contribution is 2.44. The first kappa shape index (κ1) is 31.8. The van der Waals surface area contributed by atoms with Gasteiger partial charge in [0.05, 0.1) is 22.1 Å². The van der Waals surface area contributed by atoms with E-state index in [0.717, 1.165) is 11.4 Å². The minimum absolute atomic E-state index is 1.14. The van der Waals surface area contributed by atoms with Crippen molar-refractivity contribution < 1.29 is 0 Å². The zero-order valence-electron chi connectivity index (χ0n) is 31.3. The number of nitrogens with zero attached hydrogens (tertiary/aromatic N) is 3. The van der Waals surface area contributed by atoms with Crippen molar-refractivity contribution in [3.8, 4) is 28.2 Å². The molecule has 0 fully saturated rings. The Labute approximate surface area is 337 Å². The van der Waals surface area contributed by atoms with Gasteiger partial charge in [-0.3, -0.25) is 0 Å². The fourth-order valence-electron chi connectivity index (χ4n) is 9.66. The zero-order valence-corrected chi connectivity index (χ0v) is 32.1. The largest absolute Gasteiger partial charge is 0.316 e. The Hall–Kier alpha value is -7.40. The number of hydrogen-bond acceptors (Lipinski definition) is 1. The SMILES string of the molecule is c1ccc(-n2c3ccccc3c3cc(-n4ccc5c6cc(-c7cccc8c7sc7ccccc78)ccc6c6c(ccn6-c6ccc7ccccc7c6)c54)ccc32)cc1. The lowest BCUT2D eigenvalue weighted by Crippen LogP contribution is -1.96. The molecule has 0 aliphatic rings. The van der Waals surface area contributed by atoms with Gasteiger partial charge in [-0.1, -0.05) is 115 Å². The lowest BCUT2D eigenvalue weighted by Gasteiger charge is -2.14. The van der Waals surface area contributed by atoms with Crippen molar-refractivity contribution in [3.63, 3.8) is 0 Å². The fourth-order valence-corrected chi connectivity index (χ4v) is 10.9. The molecule has 0 aliphatic heterocycles. The van der Waals surface area contributed by atoms with Gasteiger partial charge in [0.1, 0.15) is 0 Å². The standard InChI is InChI=1S/C54H33N3S/c1-2-13-37(14-3-1)57-49-19-8-6-15-41(49)48-33-39(24-26-50(48)57)56-29-27-44-47-32-36(40-17-10-18-45-42-16-7-9-20-51(42)58-54(40)45)22-25-43(47)52-46(53(44)56)28-30-55(52)38-23-21-34-11-4-5-12-35(34)31-38/h1-33H. The molecule has 0 N–H and O–H groups in total. The Morgan fingerprint density at radius 1 is 0.345 bits per heavy atom. The normalized spacial score (nSPS) is 12.1. The van der Waals surface area contributed by atoms with Crippen molar-refractivity contribution in [2.75, 3.05) is 0 Å². The predicted molar refractivity (Wildman–Crippen MR) is 248 cm³/mol. The van der Waals surface area contributed by atoms with Gasteiger partial charge in [0.15, 0.2) is 0 Å². The van der Waals surface area contributed by atoms with Crippen LogP contribution in [-0.2, 0) is 0 Å². The number of aromatic nitrogens is 3. The number of rotatable bonds is 4. The molecule has 0 saturated heterocycles. The summed E-state index contributed by atoms with van der Waals surface area (Å²) >= 11 is 1.89. The first-order valence-corrected chi connectivity index (χ1v) is 20.7. The Bertz CT molecular complexity index is 3800. The lowest BCUT2D eigenvalue weighted by molar-refractivity contribution is 1.13. The van der Waals surface area contributed by atoms with Gasteiger partial charge in [0.25, 0.3) is 0 Å². The van der Waals surface area contributed by atoms with Crippen LogP contribution < -0.4 is 0 Å². The Kier molecular flexibility index (Phi) is 6.60. The molecule has 0 saturated carbocycles. The number of hydrogen-bond donors (Lipinski definition) is 0. The summed E-state index contributed by atoms with van der Waals surface area (Å²) in [6, 6.07) is 69.2. The molecular weight excluding hydrogens is 723 g/mol. The second-order valence-electron chi connectivity index (χ2n) is 15.4. The topological polar surface area (TPSA) is 14.8 Å². The average Bonchev–Trinajstić information content (AvgIpc) is 4.08. The van der Waals surface area contributed by atoms with Crippen molar-refractivity contribution in [2.45, 2.75) is 0 Å². The first-order chi connectivity index (χ1) is 28.8. The highest BCUT2D eigenvalue weighted by atomic mass is 32.1. The van der Waals surface area contributed by atoms with Crippen LogP contribution >= 0.6 is 11.3 Å². The van der Waals surface area contributed by atoms with E-state index >= 15 is 0 Å². The highest BCUT2D eigenvalue weighted by molar-refractivity contribution is 7.26.